The topological polar surface area (TPSA) is 41.6 Å². The Labute approximate surface area is 175 Å². The van der Waals surface area contributed by atoms with E-state index >= 15 is 0 Å². The van der Waals surface area contributed by atoms with Crippen LogP contribution in [0.15, 0.2) is 48.5 Å². The molecule has 2 aromatic rings. The van der Waals surface area contributed by atoms with Gasteiger partial charge in [-0.05, 0) is 74.0 Å². The molecule has 1 heterocycles. The van der Waals surface area contributed by atoms with Gasteiger partial charge in [0.15, 0.2) is 6.10 Å². The van der Waals surface area contributed by atoms with E-state index in [9.17, 15) is 4.79 Å². The maximum Gasteiger partial charge on any atom is 0.265 e. The highest BCUT2D eigenvalue weighted by atomic mass is 16.5. The van der Waals surface area contributed by atoms with Gasteiger partial charge in [0.05, 0.1) is 0 Å². The number of hydrogen-bond donors (Lipinski definition) is 1. The number of nitrogens with zero attached hydrogens (tertiary/aromatic N) is 1. The van der Waals surface area contributed by atoms with E-state index in [1.54, 1.807) is 6.92 Å². The monoisotopic (exact) mass is 394 g/mol. The zero-order chi connectivity index (χ0) is 20.8. The number of carbonyl (C=O) groups excluding carboxylic acids is 1. The van der Waals surface area contributed by atoms with Crippen molar-refractivity contribution in [3.8, 4) is 5.75 Å². The molecule has 0 aromatic heterocycles. The van der Waals surface area contributed by atoms with Gasteiger partial charge < -0.3 is 10.1 Å². The van der Waals surface area contributed by atoms with Crippen LogP contribution in [0.25, 0.3) is 0 Å². The van der Waals surface area contributed by atoms with E-state index in [4.69, 9.17) is 4.74 Å². The lowest BCUT2D eigenvalue weighted by atomic mass is 9.99. The molecule has 156 valence electrons. The van der Waals surface area contributed by atoms with Gasteiger partial charge in [-0.25, -0.2) is 0 Å². The average molecular weight is 395 g/mol. The molecule has 4 nitrogen and oxygen atoms in total. The van der Waals surface area contributed by atoms with E-state index in [0.29, 0.717) is 5.92 Å². The summed E-state index contributed by atoms with van der Waals surface area (Å²) in [5, 5.41) is 2.97. The number of benzene rings is 2. The van der Waals surface area contributed by atoms with Gasteiger partial charge in [-0.1, -0.05) is 51.1 Å². The van der Waals surface area contributed by atoms with Gasteiger partial charge in [0, 0.05) is 12.2 Å². The second kappa shape index (κ2) is 9.93. The number of para-hydroxylation sites is 1. The summed E-state index contributed by atoms with van der Waals surface area (Å²) in [5.41, 5.74) is 3.20. The van der Waals surface area contributed by atoms with Crippen LogP contribution in [0.3, 0.4) is 0 Å². The summed E-state index contributed by atoms with van der Waals surface area (Å²) in [6, 6.07) is 16.1. The Morgan fingerprint density at radius 1 is 1.07 bits per heavy atom. The predicted molar refractivity (Wildman–Crippen MR) is 119 cm³/mol. The van der Waals surface area contributed by atoms with Crippen LogP contribution in [0.2, 0.25) is 0 Å². The third kappa shape index (κ3) is 6.07. The van der Waals surface area contributed by atoms with Gasteiger partial charge in [0.1, 0.15) is 5.75 Å². The summed E-state index contributed by atoms with van der Waals surface area (Å²) >= 11 is 0. The van der Waals surface area contributed by atoms with E-state index in [0.717, 1.165) is 29.5 Å². The Morgan fingerprint density at radius 2 is 1.72 bits per heavy atom. The maximum absolute atomic E-state index is 12.6. The number of nitrogens with one attached hydrogen (secondary N) is 1. The lowest BCUT2D eigenvalue weighted by Crippen LogP contribution is -2.32. The first-order valence-electron chi connectivity index (χ1n) is 10.8. The van der Waals surface area contributed by atoms with Crippen LogP contribution in [-0.2, 0) is 11.3 Å². The summed E-state index contributed by atoms with van der Waals surface area (Å²) < 4.78 is 5.95. The van der Waals surface area contributed by atoms with Crippen LogP contribution < -0.4 is 10.1 Å². The molecule has 1 amide bonds. The Bertz CT molecular complexity index is 793. The molecule has 0 spiro atoms. The molecule has 2 aromatic carbocycles. The van der Waals surface area contributed by atoms with Gasteiger partial charge in [0.25, 0.3) is 5.91 Å². The largest absolute Gasteiger partial charge is 0.481 e. The Morgan fingerprint density at radius 3 is 2.38 bits per heavy atom. The van der Waals surface area contributed by atoms with Crippen LogP contribution in [0, 0.1) is 5.92 Å². The molecule has 4 heteroatoms. The molecule has 1 N–H and O–H groups in total. The maximum atomic E-state index is 12.6. The van der Waals surface area contributed by atoms with E-state index in [1.165, 1.54) is 31.5 Å². The molecule has 1 saturated heterocycles. The fourth-order valence-corrected chi connectivity index (χ4v) is 3.72. The second-order valence-electron chi connectivity index (χ2n) is 8.60. The summed E-state index contributed by atoms with van der Waals surface area (Å²) in [4.78, 5) is 15.1. The van der Waals surface area contributed by atoms with Crippen molar-refractivity contribution >= 4 is 11.6 Å². The van der Waals surface area contributed by atoms with Crippen LogP contribution in [-0.4, -0.2) is 30.0 Å². The average Bonchev–Trinajstić information content (AvgIpc) is 2.71. The highest BCUT2D eigenvalue weighted by molar-refractivity contribution is 5.94. The van der Waals surface area contributed by atoms with Gasteiger partial charge in [-0.2, -0.15) is 0 Å². The molecule has 0 radical (unpaired) electrons. The normalized spacial score (nSPS) is 16.6. The Hall–Kier alpha value is -2.33. The van der Waals surface area contributed by atoms with Crippen molar-refractivity contribution in [3.05, 3.63) is 59.7 Å². The summed E-state index contributed by atoms with van der Waals surface area (Å²) in [6.45, 7) is 11.7. The van der Waals surface area contributed by atoms with Crippen molar-refractivity contribution < 1.29 is 9.53 Å². The summed E-state index contributed by atoms with van der Waals surface area (Å²) in [7, 11) is 0. The van der Waals surface area contributed by atoms with Crippen molar-refractivity contribution in [1.29, 1.82) is 0 Å². The molecule has 1 unspecified atom stereocenters. The van der Waals surface area contributed by atoms with Gasteiger partial charge in [0.2, 0.25) is 0 Å². The van der Waals surface area contributed by atoms with E-state index < -0.39 is 6.10 Å². The van der Waals surface area contributed by atoms with E-state index in [1.807, 2.05) is 36.4 Å². The number of hydrogen-bond acceptors (Lipinski definition) is 3. The first-order chi connectivity index (χ1) is 13.9. The molecule has 0 saturated carbocycles. The molecular weight excluding hydrogens is 360 g/mol. The van der Waals surface area contributed by atoms with Gasteiger partial charge >= 0.3 is 0 Å². The number of anilines is 1. The third-order valence-electron chi connectivity index (χ3n) is 5.72. The molecule has 29 heavy (non-hydrogen) atoms. The van der Waals surface area contributed by atoms with Crippen molar-refractivity contribution in [3.63, 3.8) is 0 Å². The number of amides is 1. The number of ether oxygens (including phenoxy) is 1. The van der Waals surface area contributed by atoms with E-state index in [2.05, 4.69) is 43.1 Å². The minimum absolute atomic E-state index is 0.138. The molecule has 0 aliphatic carbocycles. The molecule has 1 atom stereocenters. The highest BCUT2D eigenvalue weighted by Gasteiger charge is 2.18. The first-order valence-corrected chi connectivity index (χ1v) is 10.8. The quantitative estimate of drug-likeness (QED) is 0.679. The lowest BCUT2D eigenvalue weighted by molar-refractivity contribution is -0.122. The fourth-order valence-electron chi connectivity index (χ4n) is 3.72. The van der Waals surface area contributed by atoms with Crippen LogP contribution in [0.4, 0.5) is 5.69 Å². The third-order valence-corrected chi connectivity index (χ3v) is 5.72. The molecule has 3 rings (SSSR count). The number of carbonyl (C=O) groups is 1. The minimum Gasteiger partial charge on any atom is -0.481 e. The molecule has 1 fully saturated rings. The smallest absolute Gasteiger partial charge is 0.265 e. The molecular formula is C25H34N2O2. The minimum atomic E-state index is -0.565. The SMILES string of the molecule is CC1CCN(Cc2ccc(NC(=O)C(C)Oc3ccccc3C(C)C)cc2)CC1. The Kier molecular flexibility index (Phi) is 7.32. The van der Waals surface area contributed by atoms with Gasteiger partial charge in [-0.3, -0.25) is 9.69 Å². The number of likely N-dealkylation sites (tertiary alicyclic amines) is 1. The zero-order valence-electron chi connectivity index (χ0n) is 18.2. The predicted octanol–water partition coefficient (Wildman–Crippen LogP) is 5.45. The number of piperidine rings is 1. The standard InChI is InChI=1S/C25H34N2O2/c1-18(2)23-7-5-6-8-24(23)29-20(4)25(28)26-22-11-9-21(10-12-22)17-27-15-13-19(3)14-16-27/h5-12,18-20H,13-17H2,1-4H3,(H,26,28). The van der Waals surface area contributed by atoms with E-state index in [-0.39, 0.29) is 5.91 Å². The first kappa shape index (κ1) is 21.4. The van der Waals surface area contributed by atoms with Crippen molar-refractivity contribution in [2.24, 2.45) is 5.92 Å². The fraction of sp³-hybridized carbons (Fsp3) is 0.480. The summed E-state index contributed by atoms with van der Waals surface area (Å²) in [6.07, 6.45) is 2.00. The molecule has 0 bridgehead atoms. The second-order valence-corrected chi connectivity index (χ2v) is 8.60. The Balaban J connectivity index is 1.53. The molecule has 1 aliphatic rings. The van der Waals surface area contributed by atoms with Gasteiger partial charge in [-0.15, -0.1) is 0 Å². The molecule has 1 aliphatic heterocycles. The van der Waals surface area contributed by atoms with Crippen LogP contribution in [0.1, 0.15) is 57.6 Å². The number of rotatable bonds is 7. The lowest BCUT2D eigenvalue weighted by Gasteiger charge is -2.30. The van der Waals surface area contributed by atoms with Crippen LogP contribution >= 0.6 is 0 Å². The van der Waals surface area contributed by atoms with Crippen LogP contribution in [0.5, 0.6) is 5.75 Å². The summed E-state index contributed by atoms with van der Waals surface area (Å²) in [5.74, 6) is 1.83. The zero-order valence-corrected chi connectivity index (χ0v) is 18.2. The van der Waals surface area contributed by atoms with Crippen molar-refractivity contribution in [2.45, 2.75) is 59.1 Å². The van der Waals surface area contributed by atoms with Crippen molar-refractivity contribution in [1.82, 2.24) is 4.90 Å². The highest BCUT2D eigenvalue weighted by Crippen LogP contribution is 2.27. The van der Waals surface area contributed by atoms with Crippen molar-refractivity contribution in [2.75, 3.05) is 18.4 Å².